The van der Waals surface area contributed by atoms with Gasteiger partial charge in [-0.25, -0.2) is 4.79 Å². The molecule has 2 aromatic rings. The van der Waals surface area contributed by atoms with Gasteiger partial charge in [-0.05, 0) is 99.9 Å². The van der Waals surface area contributed by atoms with Crippen molar-refractivity contribution >= 4 is 34.9 Å². The van der Waals surface area contributed by atoms with E-state index in [1.807, 2.05) is 30.3 Å². The van der Waals surface area contributed by atoms with Crippen LogP contribution in [0.15, 0.2) is 53.5 Å². The zero-order chi connectivity index (χ0) is 28.4. The fourth-order valence-electron chi connectivity index (χ4n) is 4.14. The van der Waals surface area contributed by atoms with E-state index in [1.165, 1.54) is 12.8 Å². The van der Waals surface area contributed by atoms with Crippen LogP contribution in [0.25, 0.3) is 5.70 Å². The van der Waals surface area contributed by atoms with Crippen molar-refractivity contribution in [2.45, 2.75) is 65.3 Å². The number of nitrogens with one attached hydrogen (secondary N) is 2. The number of alkyl halides is 3. The van der Waals surface area contributed by atoms with Crippen LogP contribution in [0, 0.1) is 11.3 Å². The highest BCUT2D eigenvalue weighted by atomic mass is 35.5. The zero-order valence-electron chi connectivity index (χ0n) is 22.0. The van der Waals surface area contributed by atoms with Crippen LogP contribution in [0.5, 0.6) is 5.75 Å². The summed E-state index contributed by atoms with van der Waals surface area (Å²) in [5.74, 6) is 0.270. The molecule has 0 saturated heterocycles. The van der Waals surface area contributed by atoms with E-state index in [4.69, 9.17) is 16.3 Å². The summed E-state index contributed by atoms with van der Waals surface area (Å²) in [6, 6.07) is 11.8. The van der Waals surface area contributed by atoms with E-state index in [0.717, 1.165) is 25.2 Å². The van der Waals surface area contributed by atoms with Gasteiger partial charge in [0.05, 0.1) is 11.8 Å². The second kappa shape index (κ2) is 11.4. The van der Waals surface area contributed by atoms with Crippen molar-refractivity contribution < 1.29 is 27.5 Å². The Bertz CT molecular complexity index is 1300. The number of carbonyl (C=O) groups excluding carboxylic acids is 2. The lowest BCUT2D eigenvalue weighted by atomic mass is 9.91. The fraction of sp³-hybridized carbons (Fsp3) is 0.414. The van der Waals surface area contributed by atoms with Crippen LogP contribution in [0.1, 0.15) is 63.1 Å². The first-order chi connectivity index (χ1) is 18.3. The Labute approximate surface area is 230 Å². The summed E-state index contributed by atoms with van der Waals surface area (Å²) in [7, 11) is 0. The van der Waals surface area contributed by atoms with Crippen LogP contribution >= 0.6 is 11.6 Å². The first-order valence-electron chi connectivity index (χ1n) is 12.8. The quantitative estimate of drug-likeness (QED) is 0.362. The largest absolute Gasteiger partial charge is 0.490 e. The van der Waals surface area contributed by atoms with Crippen LogP contribution in [0.4, 0.5) is 18.0 Å². The number of rotatable bonds is 8. The number of hydrogen-bond acceptors (Lipinski definition) is 3. The lowest BCUT2D eigenvalue weighted by Crippen LogP contribution is -2.46. The molecule has 1 saturated carbocycles. The molecule has 1 fully saturated rings. The van der Waals surface area contributed by atoms with Crippen molar-refractivity contribution in [3.63, 3.8) is 0 Å². The third-order valence-electron chi connectivity index (χ3n) is 7.05. The summed E-state index contributed by atoms with van der Waals surface area (Å²) in [5, 5.41) is 5.43. The van der Waals surface area contributed by atoms with E-state index in [-0.39, 0.29) is 12.6 Å². The number of carbonyl (C=O) groups is 2. The molecular formula is C29H31ClF3N3O3. The molecule has 208 valence electrons. The number of benzene rings is 2. The summed E-state index contributed by atoms with van der Waals surface area (Å²) in [5.41, 5.74) is 0.383. The third kappa shape index (κ3) is 7.01. The number of allylic oxidation sites excluding steroid dienone is 1. The number of urea groups is 1. The summed E-state index contributed by atoms with van der Waals surface area (Å²) >= 11 is 6.39. The Balaban J connectivity index is 1.42. The van der Waals surface area contributed by atoms with E-state index >= 15 is 0 Å². The van der Waals surface area contributed by atoms with E-state index in [2.05, 4.69) is 22.5 Å². The maximum atomic E-state index is 13.2. The maximum Gasteiger partial charge on any atom is 0.402 e. The average molecular weight is 562 g/mol. The third-order valence-corrected chi connectivity index (χ3v) is 7.38. The van der Waals surface area contributed by atoms with E-state index in [1.54, 1.807) is 18.2 Å². The van der Waals surface area contributed by atoms with Crippen molar-refractivity contribution in [3.8, 4) is 5.75 Å². The molecule has 1 unspecified atom stereocenters. The molecule has 2 aromatic carbocycles. The average Bonchev–Trinajstić information content (AvgIpc) is 3.71. The van der Waals surface area contributed by atoms with Gasteiger partial charge in [0.2, 0.25) is 5.91 Å². The molecule has 39 heavy (non-hydrogen) atoms. The normalized spacial score (nSPS) is 17.3. The molecule has 0 radical (unpaired) electrons. The first-order valence-corrected chi connectivity index (χ1v) is 13.2. The lowest BCUT2D eigenvalue weighted by molar-refractivity contribution is -0.211. The summed E-state index contributed by atoms with van der Waals surface area (Å²) < 4.78 is 45.5. The second-order valence-corrected chi connectivity index (χ2v) is 10.9. The molecule has 6 nitrogen and oxygen atoms in total. The number of amides is 3. The van der Waals surface area contributed by atoms with Crippen LogP contribution in [-0.2, 0) is 11.3 Å². The van der Waals surface area contributed by atoms with Crippen molar-refractivity contribution in [2.24, 2.45) is 16.3 Å². The molecule has 10 heteroatoms. The molecule has 0 aromatic heterocycles. The van der Waals surface area contributed by atoms with Gasteiger partial charge in [0.1, 0.15) is 11.2 Å². The highest BCUT2D eigenvalue weighted by molar-refractivity contribution is 6.32. The van der Waals surface area contributed by atoms with Gasteiger partial charge in [0.15, 0.2) is 0 Å². The van der Waals surface area contributed by atoms with Crippen LogP contribution in [-0.4, -0.2) is 29.9 Å². The van der Waals surface area contributed by atoms with Gasteiger partial charge in [-0.1, -0.05) is 23.7 Å². The molecular weight excluding hydrogens is 531 g/mol. The molecule has 2 N–H and O–H groups in total. The number of nitrogens with zero attached hydrogens (tertiary/aromatic N) is 1. The molecule has 1 aliphatic carbocycles. The molecule has 1 heterocycles. The smallest absolute Gasteiger partial charge is 0.402 e. The van der Waals surface area contributed by atoms with Crippen molar-refractivity contribution in [1.29, 1.82) is 0 Å². The van der Waals surface area contributed by atoms with Crippen LogP contribution in [0.3, 0.4) is 0 Å². The minimum atomic E-state index is -4.68. The SMILES string of the molecule is CC(Oc1ccc(C2=NC(=O)NC(c3cc(CNC(=O)C(C)(C)C(F)(F)F)ccc3Cl)=CCC2)cc1)C1CC1. The Kier molecular flexibility index (Phi) is 8.39. The molecule has 2 aliphatic rings. The molecule has 0 bridgehead atoms. The van der Waals surface area contributed by atoms with Gasteiger partial charge in [-0.2, -0.15) is 18.2 Å². The monoisotopic (exact) mass is 561 g/mol. The number of ether oxygens (including phenoxy) is 1. The van der Waals surface area contributed by atoms with Crippen molar-refractivity contribution in [3.05, 3.63) is 70.3 Å². The minimum Gasteiger partial charge on any atom is -0.490 e. The maximum absolute atomic E-state index is 13.2. The molecule has 3 amide bonds. The standard InChI is InChI=1S/C29H31ClF3N3O3/c1-17(19-8-9-19)39-21-12-10-20(11-13-21)24-5-4-6-25(36-27(38)35-24)22-15-18(7-14-23(22)30)16-34-26(37)28(2,3)29(31,32)33/h6-7,10-15,17,19H,4-5,8-9,16H2,1-3H3,(H,34,37)(H,36,38). The fourth-order valence-corrected chi connectivity index (χ4v) is 4.35. The van der Waals surface area contributed by atoms with Gasteiger partial charge in [0, 0.05) is 22.8 Å². The van der Waals surface area contributed by atoms with E-state index in [0.29, 0.717) is 46.3 Å². The number of halogens is 4. The van der Waals surface area contributed by atoms with Gasteiger partial charge in [-0.3, -0.25) is 4.79 Å². The Morgan fingerprint density at radius 1 is 1.18 bits per heavy atom. The summed E-state index contributed by atoms with van der Waals surface area (Å²) in [6.45, 7) is 3.60. The van der Waals surface area contributed by atoms with Crippen molar-refractivity contribution in [2.75, 3.05) is 0 Å². The zero-order valence-corrected chi connectivity index (χ0v) is 22.7. The highest BCUT2D eigenvalue weighted by Gasteiger charge is 2.52. The number of aliphatic imine (C=N–C) groups is 1. The predicted molar refractivity (Wildman–Crippen MR) is 145 cm³/mol. The lowest BCUT2D eigenvalue weighted by Gasteiger charge is -2.26. The second-order valence-electron chi connectivity index (χ2n) is 10.4. The predicted octanol–water partition coefficient (Wildman–Crippen LogP) is 7.06. The Hall–Kier alpha value is -3.33. The van der Waals surface area contributed by atoms with Crippen molar-refractivity contribution in [1.82, 2.24) is 10.6 Å². The molecule has 1 atom stereocenters. The molecule has 1 aliphatic heterocycles. The topological polar surface area (TPSA) is 79.8 Å². The highest BCUT2D eigenvalue weighted by Crippen LogP contribution is 2.38. The van der Waals surface area contributed by atoms with E-state index in [9.17, 15) is 22.8 Å². The van der Waals surface area contributed by atoms with Gasteiger partial charge >= 0.3 is 12.2 Å². The molecule has 0 spiro atoms. The van der Waals surface area contributed by atoms with Crippen LogP contribution in [0.2, 0.25) is 5.02 Å². The van der Waals surface area contributed by atoms with Gasteiger partial charge in [-0.15, -0.1) is 0 Å². The summed E-state index contributed by atoms with van der Waals surface area (Å²) in [6.07, 6.45) is 0.799. The van der Waals surface area contributed by atoms with Crippen LogP contribution < -0.4 is 15.4 Å². The van der Waals surface area contributed by atoms with Gasteiger partial charge in [0.25, 0.3) is 0 Å². The number of hydrogen-bond donors (Lipinski definition) is 2. The summed E-state index contributed by atoms with van der Waals surface area (Å²) in [4.78, 5) is 29.2. The molecule has 4 rings (SSSR count). The first kappa shape index (κ1) is 28.7. The Morgan fingerprint density at radius 2 is 1.87 bits per heavy atom. The van der Waals surface area contributed by atoms with E-state index < -0.39 is 23.5 Å². The van der Waals surface area contributed by atoms with Gasteiger partial charge < -0.3 is 15.4 Å². The Morgan fingerprint density at radius 3 is 2.51 bits per heavy atom. The minimum absolute atomic E-state index is 0.134.